The van der Waals surface area contributed by atoms with Gasteiger partial charge in [0.2, 0.25) is 0 Å². The van der Waals surface area contributed by atoms with Crippen molar-refractivity contribution in [2.45, 2.75) is 12.1 Å². The van der Waals surface area contributed by atoms with Gasteiger partial charge in [-0.2, -0.15) is 11.8 Å². The van der Waals surface area contributed by atoms with Crippen molar-refractivity contribution in [2.75, 3.05) is 25.2 Å². The highest BCUT2D eigenvalue weighted by Gasteiger charge is 2.25. The number of hydrogen-bond donors (Lipinski definition) is 1. The number of nitrogens with one attached hydrogen (secondary N) is 1. The summed E-state index contributed by atoms with van der Waals surface area (Å²) < 4.78 is 5.89. The van der Waals surface area contributed by atoms with Gasteiger partial charge >= 0.3 is 0 Å². The van der Waals surface area contributed by atoms with E-state index in [1.165, 1.54) is 10.9 Å². The first-order chi connectivity index (χ1) is 9.38. The van der Waals surface area contributed by atoms with Crippen LogP contribution in [0.2, 0.25) is 0 Å². The van der Waals surface area contributed by atoms with Crippen LogP contribution < -0.4 is 5.32 Å². The number of aromatic nitrogens is 1. The summed E-state index contributed by atoms with van der Waals surface area (Å²) in [5, 5.41) is 4.56. The number of rotatable bonds is 3. The van der Waals surface area contributed by atoms with Crippen molar-refractivity contribution in [1.29, 1.82) is 0 Å². The molecule has 1 aliphatic rings. The summed E-state index contributed by atoms with van der Waals surface area (Å²) in [6.07, 6.45) is 2.19. The van der Waals surface area contributed by atoms with E-state index in [1.807, 2.05) is 37.1 Å². The maximum Gasteiger partial charge on any atom is 0.0860 e. The number of ether oxygens (including phenoxy) is 1. The van der Waals surface area contributed by atoms with Crippen LogP contribution >= 0.6 is 11.8 Å². The molecule has 2 heterocycles. The fourth-order valence-corrected chi connectivity index (χ4v) is 3.43. The van der Waals surface area contributed by atoms with E-state index >= 15 is 0 Å². The van der Waals surface area contributed by atoms with Gasteiger partial charge in [-0.15, -0.1) is 0 Å². The Morgan fingerprint density at radius 1 is 1.42 bits per heavy atom. The molecule has 2 aromatic rings. The second kappa shape index (κ2) is 5.90. The quantitative estimate of drug-likeness (QED) is 0.933. The van der Waals surface area contributed by atoms with E-state index < -0.39 is 0 Å². The highest BCUT2D eigenvalue weighted by atomic mass is 32.2. The predicted octanol–water partition coefficient (Wildman–Crippen LogP) is 2.63. The van der Waals surface area contributed by atoms with E-state index in [0.29, 0.717) is 0 Å². The molecule has 3 nitrogen and oxygen atoms in total. The third-order valence-electron chi connectivity index (χ3n) is 3.50. The summed E-state index contributed by atoms with van der Waals surface area (Å²) in [4.78, 5) is 4.54. The zero-order chi connectivity index (χ0) is 13.1. The first kappa shape index (κ1) is 12.9. The second-order valence-corrected chi connectivity index (χ2v) is 5.86. The third kappa shape index (κ3) is 2.76. The molecule has 1 aromatic carbocycles. The molecule has 0 saturated carbocycles. The van der Waals surface area contributed by atoms with Crippen LogP contribution in [0.15, 0.2) is 36.5 Å². The van der Waals surface area contributed by atoms with Crippen molar-refractivity contribution in [3.63, 3.8) is 0 Å². The summed E-state index contributed by atoms with van der Waals surface area (Å²) in [6, 6.07) is 10.6. The van der Waals surface area contributed by atoms with Crippen LogP contribution in [-0.2, 0) is 4.74 Å². The van der Waals surface area contributed by atoms with Crippen molar-refractivity contribution in [3.05, 3.63) is 42.1 Å². The fourth-order valence-electron chi connectivity index (χ4n) is 2.52. The zero-order valence-corrected chi connectivity index (χ0v) is 11.8. The molecule has 100 valence electrons. The topological polar surface area (TPSA) is 34.2 Å². The van der Waals surface area contributed by atoms with E-state index in [1.54, 1.807) is 0 Å². The molecule has 1 saturated heterocycles. The number of nitrogens with zero attached hydrogens (tertiary/aromatic N) is 1. The van der Waals surface area contributed by atoms with Crippen molar-refractivity contribution in [3.8, 4) is 0 Å². The van der Waals surface area contributed by atoms with Gasteiger partial charge < -0.3 is 10.1 Å². The van der Waals surface area contributed by atoms with E-state index in [4.69, 9.17) is 4.74 Å². The Morgan fingerprint density at radius 2 is 2.32 bits per heavy atom. The van der Waals surface area contributed by atoms with Gasteiger partial charge in [-0.1, -0.05) is 18.2 Å². The van der Waals surface area contributed by atoms with E-state index in [-0.39, 0.29) is 12.1 Å². The molecule has 0 radical (unpaired) electrons. The Morgan fingerprint density at radius 3 is 3.11 bits per heavy atom. The smallest absolute Gasteiger partial charge is 0.0860 e. The van der Waals surface area contributed by atoms with Crippen molar-refractivity contribution in [1.82, 2.24) is 10.3 Å². The van der Waals surface area contributed by atoms with E-state index in [0.717, 1.165) is 23.6 Å². The van der Waals surface area contributed by atoms with Crippen LogP contribution in [-0.4, -0.2) is 36.2 Å². The lowest BCUT2D eigenvalue weighted by molar-refractivity contribution is 0.0488. The van der Waals surface area contributed by atoms with Crippen LogP contribution in [0.3, 0.4) is 0 Å². The third-order valence-corrected chi connectivity index (χ3v) is 4.51. The molecular formula is C15H18N2OS. The minimum absolute atomic E-state index is 0.213. The van der Waals surface area contributed by atoms with Gasteiger partial charge in [0.1, 0.15) is 0 Å². The maximum atomic E-state index is 5.89. The molecule has 3 rings (SSSR count). The number of para-hydroxylation sites is 1. The van der Waals surface area contributed by atoms with Gasteiger partial charge in [0, 0.05) is 23.1 Å². The molecule has 1 fully saturated rings. The second-order valence-electron chi connectivity index (χ2n) is 4.71. The van der Waals surface area contributed by atoms with Crippen molar-refractivity contribution < 1.29 is 4.74 Å². The SMILES string of the molecule is CNC(c1cnc2ccccc2c1)C1CSCCO1. The molecule has 1 aliphatic heterocycles. The number of pyridine rings is 1. The molecular weight excluding hydrogens is 256 g/mol. The standard InChI is InChI=1S/C15H18N2OS/c1-16-15(14-10-19-7-6-18-14)12-8-11-4-2-3-5-13(11)17-9-12/h2-5,8-9,14-16H,6-7,10H2,1H3. The fraction of sp³-hybridized carbons (Fsp3) is 0.400. The average Bonchev–Trinajstić information content (AvgIpc) is 2.49. The molecule has 0 amide bonds. The van der Waals surface area contributed by atoms with E-state index in [2.05, 4.69) is 28.5 Å². The highest BCUT2D eigenvalue weighted by Crippen LogP contribution is 2.26. The molecule has 2 atom stereocenters. The first-order valence-electron chi connectivity index (χ1n) is 6.60. The number of fused-ring (bicyclic) bond motifs is 1. The van der Waals surface area contributed by atoms with Crippen LogP contribution in [0.4, 0.5) is 0 Å². The Labute approximate surface area is 117 Å². The van der Waals surface area contributed by atoms with Gasteiger partial charge in [-0.3, -0.25) is 4.98 Å². The molecule has 0 aliphatic carbocycles. The first-order valence-corrected chi connectivity index (χ1v) is 7.75. The largest absolute Gasteiger partial charge is 0.375 e. The van der Waals surface area contributed by atoms with Crippen molar-refractivity contribution >= 4 is 22.7 Å². The summed E-state index contributed by atoms with van der Waals surface area (Å²) >= 11 is 1.96. The lowest BCUT2D eigenvalue weighted by atomic mass is 10.0. The molecule has 0 bridgehead atoms. The van der Waals surface area contributed by atoms with Crippen LogP contribution in [0, 0.1) is 0 Å². The monoisotopic (exact) mass is 274 g/mol. The number of hydrogen-bond acceptors (Lipinski definition) is 4. The van der Waals surface area contributed by atoms with Gasteiger partial charge in [0.25, 0.3) is 0 Å². The van der Waals surface area contributed by atoms with Gasteiger partial charge in [0.05, 0.1) is 24.3 Å². The lowest BCUT2D eigenvalue weighted by Crippen LogP contribution is -2.36. The normalized spacial score (nSPS) is 21.4. The van der Waals surface area contributed by atoms with Crippen LogP contribution in [0.5, 0.6) is 0 Å². The molecule has 1 aromatic heterocycles. The predicted molar refractivity (Wildman–Crippen MR) is 80.6 cm³/mol. The number of thioether (sulfide) groups is 1. The average molecular weight is 274 g/mol. The molecule has 19 heavy (non-hydrogen) atoms. The zero-order valence-electron chi connectivity index (χ0n) is 11.0. The van der Waals surface area contributed by atoms with Crippen LogP contribution in [0.1, 0.15) is 11.6 Å². The van der Waals surface area contributed by atoms with Gasteiger partial charge in [0.15, 0.2) is 0 Å². The summed E-state index contributed by atoms with van der Waals surface area (Å²) in [7, 11) is 1.99. The summed E-state index contributed by atoms with van der Waals surface area (Å²) in [5.41, 5.74) is 2.24. The summed E-state index contributed by atoms with van der Waals surface area (Å²) in [5.74, 6) is 2.14. The lowest BCUT2D eigenvalue weighted by Gasteiger charge is -2.30. The Balaban J connectivity index is 1.91. The minimum Gasteiger partial charge on any atom is -0.375 e. The van der Waals surface area contributed by atoms with Crippen LogP contribution in [0.25, 0.3) is 10.9 Å². The summed E-state index contributed by atoms with van der Waals surface area (Å²) in [6.45, 7) is 0.842. The maximum absolute atomic E-state index is 5.89. The minimum atomic E-state index is 0.213. The molecule has 4 heteroatoms. The number of benzene rings is 1. The Bertz CT molecular complexity index is 555. The number of likely N-dealkylation sites (N-methyl/N-ethyl adjacent to an activating group) is 1. The Kier molecular flexibility index (Phi) is 4.01. The molecule has 1 N–H and O–H groups in total. The Hall–Kier alpha value is -1.10. The highest BCUT2D eigenvalue weighted by molar-refractivity contribution is 7.99. The molecule has 0 spiro atoms. The van der Waals surface area contributed by atoms with E-state index in [9.17, 15) is 0 Å². The van der Waals surface area contributed by atoms with Gasteiger partial charge in [-0.05, 0) is 24.7 Å². The van der Waals surface area contributed by atoms with Crippen molar-refractivity contribution in [2.24, 2.45) is 0 Å². The van der Waals surface area contributed by atoms with Gasteiger partial charge in [-0.25, -0.2) is 0 Å². The molecule has 2 unspecified atom stereocenters.